The fourth-order valence-corrected chi connectivity index (χ4v) is 3.18. The van der Waals surface area contributed by atoms with Crippen LogP contribution in [0.25, 0.3) is 11.3 Å². The van der Waals surface area contributed by atoms with Crippen LogP contribution in [0.4, 0.5) is 0 Å². The Kier molecular flexibility index (Phi) is 8.25. The molecule has 3 rings (SSSR count). The van der Waals surface area contributed by atoms with E-state index in [1.165, 1.54) is 5.56 Å². The molecule has 0 bridgehead atoms. The Balaban J connectivity index is 1.54. The van der Waals surface area contributed by atoms with Crippen LogP contribution in [0.2, 0.25) is 0 Å². The van der Waals surface area contributed by atoms with Gasteiger partial charge in [0.25, 0.3) is 0 Å². The minimum Gasteiger partial charge on any atom is -0.489 e. The van der Waals surface area contributed by atoms with Crippen molar-refractivity contribution in [2.45, 2.75) is 33.9 Å². The molecule has 0 fully saturated rings. The first-order valence-electron chi connectivity index (χ1n) is 11.0. The Morgan fingerprint density at radius 3 is 2.56 bits per heavy atom. The molecular formula is C29H32N2O. The van der Waals surface area contributed by atoms with Crippen LogP contribution in [0.3, 0.4) is 0 Å². The van der Waals surface area contributed by atoms with Crippen LogP contribution in [0, 0.1) is 17.3 Å². The number of aromatic nitrogens is 1. The number of benzene rings is 2. The second kappa shape index (κ2) is 11.3. The van der Waals surface area contributed by atoms with Crippen molar-refractivity contribution in [3.8, 4) is 28.8 Å². The van der Waals surface area contributed by atoms with Gasteiger partial charge < -0.3 is 4.74 Å². The number of rotatable bonds is 8. The van der Waals surface area contributed by atoms with Crippen LogP contribution >= 0.6 is 0 Å². The summed E-state index contributed by atoms with van der Waals surface area (Å²) in [6, 6.07) is 22.6. The van der Waals surface area contributed by atoms with E-state index in [4.69, 9.17) is 4.74 Å². The standard InChI is InChI=1S/C29H32N2O/c1-29(2,3)17-7-5-9-19-31(4)22-24-12-11-15-27(21-24)32-23-25-13-10-14-26(20-25)28-16-6-8-18-30-28/h5-6,8-16,18,20-21H,19,22-23H2,1-4H3/b9-5+. The molecule has 3 nitrogen and oxygen atoms in total. The third kappa shape index (κ3) is 8.06. The van der Waals surface area contributed by atoms with Crippen molar-refractivity contribution in [1.82, 2.24) is 9.88 Å². The smallest absolute Gasteiger partial charge is 0.120 e. The first-order valence-corrected chi connectivity index (χ1v) is 11.0. The molecule has 3 heteroatoms. The summed E-state index contributed by atoms with van der Waals surface area (Å²) in [5.74, 6) is 7.22. The first-order chi connectivity index (χ1) is 15.4. The Bertz CT molecular complexity index is 1090. The minimum atomic E-state index is 0.0381. The lowest BCUT2D eigenvalue weighted by Crippen LogP contribution is -2.17. The molecule has 0 amide bonds. The van der Waals surface area contributed by atoms with Crippen molar-refractivity contribution >= 4 is 0 Å². The number of hydrogen-bond acceptors (Lipinski definition) is 3. The van der Waals surface area contributed by atoms with Gasteiger partial charge in [-0.2, -0.15) is 0 Å². The van der Waals surface area contributed by atoms with Gasteiger partial charge in [0.1, 0.15) is 12.4 Å². The third-order valence-electron chi connectivity index (χ3n) is 4.71. The van der Waals surface area contributed by atoms with Gasteiger partial charge in [-0.1, -0.05) is 54.3 Å². The molecular weight excluding hydrogens is 392 g/mol. The van der Waals surface area contributed by atoms with Crippen LogP contribution in [-0.2, 0) is 13.2 Å². The van der Waals surface area contributed by atoms with E-state index >= 15 is 0 Å². The third-order valence-corrected chi connectivity index (χ3v) is 4.71. The normalized spacial score (nSPS) is 11.4. The Hall–Kier alpha value is -3.35. The Morgan fingerprint density at radius 2 is 1.78 bits per heavy atom. The molecule has 0 aliphatic rings. The van der Waals surface area contributed by atoms with Crippen LogP contribution in [0.5, 0.6) is 5.75 Å². The average Bonchev–Trinajstić information content (AvgIpc) is 2.78. The van der Waals surface area contributed by atoms with E-state index in [0.29, 0.717) is 6.61 Å². The zero-order chi connectivity index (χ0) is 22.8. The number of likely N-dealkylation sites (N-methyl/N-ethyl adjacent to an activating group) is 1. The SMILES string of the molecule is CN(C/C=C/C#CC(C)(C)C)Cc1cccc(OCc2cccc(-c3ccccn3)c2)c1. The van der Waals surface area contributed by atoms with Gasteiger partial charge in [0.05, 0.1) is 5.69 Å². The number of pyridine rings is 1. The highest BCUT2D eigenvalue weighted by Gasteiger charge is 2.04. The maximum atomic E-state index is 6.08. The topological polar surface area (TPSA) is 25.4 Å². The molecule has 1 heterocycles. The van der Waals surface area contributed by atoms with E-state index in [1.54, 1.807) is 0 Å². The minimum absolute atomic E-state index is 0.0381. The van der Waals surface area contributed by atoms with Crippen LogP contribution in [-0.4, -0.2) is 23.5 Å². The predicted molar refractivity (Wildman–Crippen MR) is 133 cm³/mol. The van der Waals surface area contributed by atoms with E-state index < -0.39 is 0 Å². The van der Waals surface area contributed by atoms with Crippen molar-refractivity contribution in [1.29, 1.82) is 0 Å². The van der Waals surface area contributed by atoms with Gasteiger partial charge in [0, 0.05) is 30.3 Å². The van der Waals surface area contributed by atoms with Crippen molar-refractivity contribution in [2.75, 3.05) is 13.6 Å². The molecule has 1 aromatic heterocycles. The highest BCUT2D eigenvalue weighted by Crippen LogP contribution is 2.20. The molecule has 0 spiro atoms. The molecule has 0 aliphatic carbocycles. The van der Waals surface area contributed by atoms with Crippen molar-refractivity contribution in [2.24, 2.45) is 5.41 Å². The largest absolute Gasteiger partial charge is 0.489 e. The Morgan fingerprint density at radius 1 is 0.969 bits per heavy atom. The molecule has 2 aromatic carbocycles. The van der Waals surface area contributed by atoms with Crippen molar-refractivity contribution in [3.63, 3.8) is 0 Å². The van der Waals surface area contributed by atoms with Crippen LogP contribution in [0.1, 0.15) is 31.9 Å². The number of nitrogens with zero attached hydrogens (tertiary/aromatic N) is 2. The molecule has 0 radical (unpaired) electrons. The van der Waals surface area contributed by atoms with Gasteiger partial charge in [-0.05, 0) is 75.4 Å². The monoisotopic (exact) mass is 424 g/mol. The summed E-state index contributed by atoms with van der Waals surface area (Å²) in [4.78, 5) is 6.69. The summed E-state index contributed by atoms with van der Waals surface area (Å²) in [5, 5.41) is 0. The number of ether oxygens (including phenoxy) is 1. The summed E-state index contributed by atoms with van der Waals surface area (Å²) < 4.78 is 6.08. The average molecular weight is 425 g/mol. The lowest BCUT2D eigenvalue weighted by molar-refractivity contribution is 0.304. The van der Waals surface area contributed by atoms with E-state index in [1.807, 2.05) is 48.7 Å². The summed E-state index contributed by atoms with van der Waals surface area (Å²) in [5.41, 5.74) is 4.45. The highest BCUT2D eigenvalue weighted by atomic mass is 16.5. The lowest BCUT2D eigenvalue weighted by atomic mass is 9.98. The van der Waals surface area contributed by atoms with E-state index in [-0.39, 0.29) is 5.41 Å². The molecule has 0 aliphatic heterocycles. The van der Waals surface area contributed by atoms with Crippen LogP contribution < -0.4 is 4.74 Å². The van der Waals surface area contributed by atoms with E-state index in [9.17, 15) is 0 Å². The number of allylic oxidation sites excluding steroid dienone is 1. The quantitative estimate of drug-likeness (QED) is 0.393. The maximum absolute atomic E-state index is 6.08. The highest BCUT2D eigenvalue weighted by molar-refractivity contribution is 5.59. The molecule has 3 aromatic rings. The second-order valence-corrected chi connectivity index (χ2v) is 8.97. The van der Waals surface area contributed by atoms with Crippen LogP contribution in [0.15, 0.2) is 85.1 Å². The van der Waals surface area contributed by atoms with E-state index in [0.717, 1.165) is 35.7 Å². The fraction of sp³-hybridized carbons (Fsp3) is 0.276. The second-order valence-electron chi connectivity index (χ2n) is 8.97. The van der Waals surface area contributed by atoms with Gasteiger partial charge in [0.2, 0.25) is 0 Å². The van der Waals surface area contributed by atoms with Gasteiger partial charge in [-0.15, -0.1) is 0 Å². The molecule has 32 heavy (non-hydrogen) atoms. The zero-order valence-electron chi connectivity index (χ0n) is 19.5. The van der Waals surface area contributed by atoms with Gasteiger partial charge in [-0.25, -0.2) is 0 Å². The number of hydrogen-bond donors (Lipinski definition) is 0. The van der Waals surface area contributed by atoms with E-state index in [2.05, 4.69) is 86.0 Å². The summed E-state index contributed by atoms with van der Waals surface area (Å²) in [7, 11) is 2.11. The fourth-order valence-electron chi connectivity index (χ4n) is 3.18. The van der Waals surface area contributed by atoms with Crippen molar-refractivity contribution < 1.29 is 4.74 Å². The lowest BCUT2D eigenvalue weighted by Gasteiger charge is -2.15. The van der Waals surface area contributed by atoms with Gasteiger partial charge in [-0.3, -0.25) is 9.88 Å². The summed E-state index contributed by atoms with van der Waals surface area (Å²) in [6.07, 6.45) is 5.87. The molecule has 0 saturated carbocycles. The van der Waals surface area contributed by atoms with Gasteiger partial charge in [0.15, 0.2) is 0 Å². The molecule has 0 saturated heterocycles. The van der Waals surface area contributed by atoms with Gasteiger partial charge >= 0.3 is 0 Å². The Labute approximate surface area is 192 Å². The molecule has 164 valence electrons. The van der Waals surface area contributed by atoms with Crippen molar-refractivity contribution in [3.05, 3.63) is 96.2 Å². The zero-order valence-corrected chi connectivity index (χ0v) is 19.5. The molecule has 0 unspecified atom stereocenters. The predicted octanol–water partition coefficient (Wildman–Crippen LogP) is 6.37. The first kappa shape index (κ1) is 23.3. The molecule has 0 atom stereocenters. The summed E-state index contributed by atoms with van der Waals surface area (Å²) in [6.45, 7) is 8.58. The maximum Gasteiger partial charge on any atom is 0.120 e. The summed E-state index contributed by atoms with van der Waals surface area (Å²) >= 11 is 0. The molecule has 0 N–H and O–H groups in total.